The molecule has 0 spiro atoms. The van der Waals surface area contributed by atoms with Gasteiger partial charge < -0.3 is 10.2 Å². The Bertz CT molecular complexity index is 840. The number of carbonyl (C=O) groups excluding carboxylic acids is 1. The van der Waals surface area contributed by atoms with Crippen molar-refractivity contribution in [3.8, 4) is 0 Å². The van der Waals surface area contributed by atoms with E-state index in [4.69, 9.17) is 11.6 Å². The minimum absolute atomic E-state index is 0.0665. The number of hydrogen-bond acceptors (Lipinski definition) is 5. The van der Waals surface area contributed by atoms with Crippen molar-refractivity contribution in [1.29, 1.82) is 0 Å². The number of fused-ring (bicyclic) bond motifs is 3. The number of halogens is 1. The third kappa shape index (κ3) is 3.64. The number of amides is 1. The number of benzene rings is 1. The van der Waals surface area contributed by atoms with Crippen LogP contribution in [0.5, 0.6) is 0 Å². The molecule has 26 heavy (non-hydrogen) atoms. The second-order valence-electron chi connectivity index (χ2n) is 6.87. The van der Waals surface area contributed by atoms with Gasteiger partial charge in [-0.3, -0.25) is 4.79 Å². The quantitative estimate of drug-likeness (QED) is 0.826. The van der Waals surface area contributed by atoms with Gasteiger partial charge in [-0.2, -0.15) is 4.80 Å². The van der Waals surface area contributed by atoms with Gasteiger partial charge >= 0.3 is 0 Å². The number of aryl methyl sites for hydroxylation is 1. The standard InChI is InChI=1S/C18H21ClN6O/c1-12-21-23-25(22-12)10-14-8-15(19)4-2-13(14)3-7-18(26)24-11-16-5-6-17(24)9-20-16/h2-4,7-8,16-17,20H,5-6,9-11H2,1H3. The van der Waals surface area contributed by atoms with Crippen LogP contribution in [-0.2, 0) is 11.3 Å². The second kappa shape index (κ2) is 7.17. The normalized spacial score (nSPS) is 22.3. The summed E-state index contributed by atoms with van der Waals surface area (Å²) in [5.74, 6) is 0.685. The van der Waals surface area contributed by atoms with Crippen LogP contribution in [0.15, 0.2) is 24.3 Å². The fourth-order valence-corrected chi connectivity index (χ4v) is 3.85. The number of rotatable bonds is 4. The van der Waals surface area contributed by atoms with E-state index in [0.717, 1.165) is 37.1 Å². The third-order valence-corrected chi connectivity index (χ3v) is 5.24. The maximum absolute atomic E-state index is 12.6. The van der Waals surface area contributed by atoms with Gasteiger partial charge in [0.1, 0.15) is 0 Å². The van der Waals surface area contributed by atoms with Crippen molar-refractivity contribution in [3.05, 3.63) is 46.2 Å². The van der Waals surface area contributed by atoms with Crippen LogP contribution in [-0.4, -0.2) is 56.2 Å². The molecule has 3 saturated heterocycles. The largest absolute Gasteiger partial charge is 0.333 e. The SMILES string of the molecule is Cc1nnn(Cc2cc(Cl)ccc2C=CC(=O)N2CC3CCC2CN3)n1. The first-order chi connectivity index (χ1) is 12.6. The summed E-state index contributed by atoms with van der Waals surface area (Å²) in [4.78, 5) is 16.2. The predicted octanol–water partition coefficient (Wildman–Crippen LogP) is 1.66. The van der Waals surface area contributed by atoms with Crippen molar-refractivity contribution in [1.82, 2.24) is 30.4 Å². The van der Waals surface area contributed by atoms with E-state index in [1.165, 1.54) is 4.80 Å². The second-order valence-corrected chi connectivity index (χ2v) is 7.31. The number of aromatic nitrogens is 4. The van der Waals surface area contributed by atoms with Gasteiger partial charge in [0.2, 0.25) is 5.91 Å². The van der Waals surface area contributed by atoms with E-state index in [1.807, 2.05) is 29.2 Å². The molecule has 2 bridgehead atoms. The van der Waals surface area contributed by atoms with Crippen molar-refractivity contribution in [2.24, 2.45) is 0 Å². The van der Waals surface area contributed by atoms with Gasteiger partial charge in [0, 0.05) is 36.3 Å². The topological polar surface area (TPSA) is 75.9 Å². The molecule has 0 saturated carbocycles. The van der Waals surface area contributed by atoms with Crippen LogP contribution in [0.2, 0.25) is 5.02 Å². The van der Waals surface area contributed by atoms with E-state index in [0.29, 0.717) is 29.5 Å². The number of carbonyl (C=O) groups is 1. The summed E-state index contributed by atoms with van der Waals surface area (Å²) in [5.41, 5.74) is 1.87. The van der Waals surface area contributed by atoms with Crippen LogP contribution in [0, 0.1) is 6.92 Å². The van der Waals surface area contributed by atoms with Gasteiger partial charge in [0.15, 0.2) is 5.82 Å². The minimum Gasteiger partial charge on any atom is -0.333 e. The van der Waals surface area contributed by atoms with Crippen molar-refractivity contribution in [3.63, 3.8) is 0 Å². The summed E-state index contributed by atoms with van der Waals surface area (Å²) in [6, 6.07) is 6.35. The highest BCUT2D eigenvalue weighted by Gasteiger charge is 2.35. The summed E-state index contributed by atoms with van der Waals surface area (Å²) < 4.78 is 0. The Balaban J connectivity index is 1.52. The Kier molecular flexibility index (Phi) is 4.74. The van der Waals surface area contributed by atoms with E-state index in [1.54, 1.807) is 13.0 Å². The molecule has 1 aromatic carbocycles. The lowest BCUT2D eigenvalue weighted by Crippen LogP contribution is -2.62. The molecule has 8 heteroatoms. The monoisotopic (exact) mass is 372 g/mol. The van der Waals surface area contributed by atoms with Crippen LogP contribution in [0.4, 0.5) is 0 Å². The Morgan fingerprint density at radius 1 is 1.42 bits per heavy atom. The first-order valence-electron chi connectivity index (χ1n) is 8.83. The van der Waals surface area contributed by atoms with E-state index in [2.05, 4.69) is 20.7 Å². The highest BCUT2D eigenvalue weighted by atomic mass is 35.5. The Labute approximate surface area is 157 Å². The third-order valence-electron chi connectivity index (χ3n) is 5.01. The zero-order valence-corrected chi connectivity index (χ0v) is 15.4. The molecule has 3 aliphatic rings. The number of tetrazole rings is 1. The van der Waals surface area contributed by atoms with Crippen molar-refractivity contribution >= 4 is 23.6 Å². The molecule has 4 heterocycles. The molecule has 2 atom stereocenters. The summed E-state index contributed by atoms with van der Waals surface area (Å²) >= 11 is 6.14. The molecule has 2 aromatic rings. The summed E-state index contributed by atoms with van der Waals surface area (Å²) in [7, 11) is 0. The van der Waals surface area contributed by atoms with Crippen molar-refractivity contribution < 1.29 is 4.79 Å². The van der Waals surface area contributed by atoms with Gasteiger partial charge in [-0.25, -0.2) is 0 Å². The van der Waals surface area contributed by atoms with Gasteiger partial charge in [-0.1, -0.05) is 17.7 Å². The molecule has 7 nitrogen and oxygen atoms in total. The van der Waals surface area contributed by atoms with Gasteiger partial charge in [-0.05, 0) is 54.3 Å². The zero-order valence-electron chi connectivity index (χ0n) is 14.6. The molecule has 136 valence electrons. The van der Waals surface area contributed by atoms with Crippen molar-refractivity contribution in [2.45, 2.75) is 38.4 Å². The molecule has 1 aromatic heterocycles. The number of hydrogen-bond donors (Lipinski definition) is 1. The number of piperazine rings is 1. The lowest BCUT2D eigenvalue weighted by Gasteiger charge is -2.45. The molecule has 1 N–H and O–H groups in total. The average Bonchev–Trinajstić information content (AvgIpc) is 3.06. The number of nitrogens with zero attached hydrogens (tertiary/aromatic N) is 5. The van der Waals surface area contributed by atoms with Crippen LogP contribution < -0.4 is 5.32 Å². The Morgan fingerprint density at radius 3 is 2.96 bits per heavy atom. The lowest BCUT2D eigenvalue weighted by molar-refractivity contribution is -0.131. The van der Waals surface area contributed by atoms with Crippen LogP contribution in [0.25, 0.3) is 6.08 Å². The molecule has 5 rings (SSSR count). The number of piperidine rings is 2. The first-order valence-corrected chi connectivity index (χ1v) is 9.21. The maximum Gasteiger partial charge on any atom is 0.246 e. The van der Waals surface area contributed by atoms with E-state index in [9.17, 15) is 4.79 Å². The molecular weight excluding hydrogens is 352 g/mol. The smallest absolute Gasteiger partial charge is 0.246 e. The molecule has 1 amide bonds. The summed E-state index contributed by atoms with van der Waals surface area (Å²) in [6.45, 7) is 3.94. The van der Waals surface area contributed by atoms with Gasteiger partial charge in [-0.15, -0.1) is 10.2 Å². The highest BCUT2D eigenvalue weighted by Crippen LogP contribution is 2.23. The molecule has 3 aliphatic heterocycles. The molecule has 0 aliphatic carbocycles. The maximum atomic E-state index is 12.6. The molecule has 3 fully saturated rings. The molecule has 2 unspecified atom stereocenters. The summed E-state index contributed by atoms with van der Waals surface area (Å²) in [5, 5.41) is 16.2. The fraction of sp³-hybridized carbons (Fsp3) is 0.444. The Hall–Kier alpha value is -2.25. The fourth-order valence-electron chi connectivity index (χ4n) is 3.65. The van der Waals surface area contributed by atoms with Crippen LogP contribution in [0.3, 0.4) is 0 Å². The van der Waals surface area contributed by atoms with Crippen molar-refractivity contribution in [2.75, 3.05) is 13.1 Å². The first kappa shape index (κ1) is 17.2. The lowest BCUT2D eigenvalue weighted by atomic mass is 9.93. The highest BCUT2D eigenvalue weighted by molar-refractivity contribution is 6.30. The Morgan fingerprint density at radius 2 is 2.31 bits per heavy atom. The van der Waals surface area contributed by atoms with E-state index in [-0.39, 0.29) is 5.91 Å². The van der Waals surface area contributed by atoms with E-state index >= 15 is 0 Å². The van der Waals surface area contributed by atoms with E-state index < -0.39 is 0 Å². The van der Waals surface area contributed by atoms with Gasteiger partial charge in [0.05, 0.1) is 6.54 Å². The number of nitrogens with one attached hydrogen (secondary N) is 1. The minimum atomic E-state index is 0.0665. The van der Waals surface area contributed by atoms with Gasteiger partial charge in [0.25, 0.3) is 0 Å². The predicted molar refractivity (Wildman–Crippen MR) is 98.7 cm³/mol. The summed E-state index contributed by atoms with van der Waals surface area (Å²) in [6.07, 6.45) is 5.76. The zero-order chi connectivity index (χ0) is 18.1. The molecule has 0 radical (unpaired) electrons. The average molecular weight is 373 g/mol. The van der Waals surface area contributed by atoms with Crippen LogP contribution in [0.1, 0.15) is 29.8 Å². The van der Waals surface area contributed by atoms with Crippen LogP contribution >= 0.6 is 11.6 Å². The molecular formula is C18H21ClN6O.